The van der Waals surface area contributed by atoms with Gasteiger partial charge in [0.2, 0.25) is 0 Å². The van der Waals surface area contributed by atoms with Crippen molar-refractivity contribution in [1.29, 1.82) is 5.26 Å². The molecule has 0 aliphatic carbocycles. The van der Waals surface area contributed by atoms with Crippen molar-refractivity contribution in [1.82, 2.24) is 5.32 Å². The molecule has 1 rings (SSSR count). The minimum absolute atomic E-state index is 0.304. The molecule has 1 aromatic rings. The van der Waals surface area contributed by atoms with Crippen LogP contribution in [0.15, 0.2) is 12.1 Å². The van der Waals surface area contributed by atoms with Crippen molar-refractivity contribution in [2.24, 2.45) is 5.41 Å². The van der Waals surface area contributed by atoms with Gasteiger partial charge >= 0.3 is 0 Å². The summed E-state index contributed by atoms with van der Waals surface area (Å²) in [5.41, 5.74) is -0.304. The number of ether oxygens (including phenoxy) is 1. The first-order chi connectivity index (χ1) is 7.07. The van der Waals surface area contributed by atoms with Crippen LogP contribution in [-0.4, -0.2) is 13.7 Å². The Kier molecular flexibility index (Phi) is 4.13. The molecule has 0 aromatic carbocycles. The molecular formula is C11H16N2OS. The molecule has 0 bridgehead atoms. The first kappa shape index (κ1) is 12.0. The highest BCUT2D eigenvalue weighted by molar-refractivity contribution is 7.13. The lowest BCUT2D eigenvalue weighted by Crippen LogP contribution is -2.27. The fourth-order valence-electron chi connectivity index (χ4n) is 1.10. The lowest BCUT2D eigenvalue weighted by atomic mass is 9.96. The van der Waals surface area contributed by atoms with Gasteiger partial charge < -0.3 is 10.1 Å². The van der Waals surface area contributed by atoms with Crippen LogP contribution in [0.4, 0.5) is 0 Å². The van der Waals surface area contributed by atoms with Gasteiger partial charge in [-0.15, -0.1) is 11.3 Å². The second-order valence-corrected chi connectivity index (χ2v) is 5.15. The van der Waals surface area contributed by atoms with Gasteiger partial charge in [-0.25, -0.2) is 0 Å². The Balaban J connectivity index is 2.35. The maximum absolute atomic E-state index is 8.83. The highest BCUT2D eigenvalue weighted by Gasteiger charge is 2.15. The number of hydrogen-bond donors (Lipinski definition) is 1. The minimum atomic E-state index is -0.304. The molecule has 0 saturated carbocycles. The third-order valence-corrected chi connectivity index (χ3v) is 3.05. The third-order valence-electron chi connectivity index (χ3n) is 2.01. The van der Waals surface area contributed by atoms with Gasteiger partial charge in [-0.2, -0.15) is 5.26 Å². The van der Waals surface area contributed by atoms with Crippen LogP contribution in [0.3, 0.4) is 0 Å². The second kappa shape index (κ2) is 5.15. The Labute approximate surface area is 94.7 Å². The molecule has 0 fully saturated rings. The first-order valence-electron chi connectivity index (χ1n) is 4.82. The highest BCUT2D eigenvalue weighted by Crippen LogP contribution is 2.23. The molecule has 0 aliphatic heterocycles. The Morgan fingerprint density at radius 3 is 2.80 bits per heavy atom. The molecule has 0 spiro atoms. The topological polar surface area (TPSA) is 45.0 Å². The minimum Gasteiger partial charge on any atom is -0.487 e. The monoisotopic (exact) mass is 224 g/mol. The summed E-state index contributed by atoms with van der Waals surface area (Å²) in [6.45, 7) is 5.34. The van der Waals surface area contributed by atoms with Gasteiger partial charge in [-0.1, -0.05) is 0 Å². The van der Waals surface area contributed by atoms with E-state index in [0.29, 0.717) is 6.54 Å². The molecule has 1 N–H and O–H groups in total. The van der Waals surface area contributed by atoms with Crippen molar-refractivity contribution in [3.05, 3.63) is 17.0 Å². The lowest BCUT2D eigenvalue weighted by molar-refractivity contribution is 0.427. The molecule has 82 valence electrons. The van der Waals surface area contributed by atoms with E-state index in [-0.39, 0.29) is 5.41 Å². The highest BCUT2D eigenvalue weighted by atomic mass is 32.1. The van der Waals surface area contributed by atoms with Crippen LogP contribution < -0.4 is 10.1 Å². The van der Waals surface area contributed by atoms with E-state index in [2.05, 4.69) is 11.4 Å². The Morgan fingerprint density at radius 1 is 1.53 bits per heavy atom. The normalized spacial score (nSPS) is 11.1. The predicted molar refractivity (Wildman–Crippen MR) is 62.0 cm³/mol. The summed E-state index contributed by atoms with van der Waals surface area (Å²) in [5.74, 6) is 0. The van der Waals surface area contributed by atoms with E-state index in [1.54, 1.807) is 18.4 Å². The molecule has 0 amide bonds. The molecule has 1 aromatic heterocycles. The Morgan fingerprint density at radius 2 is 2.27 bits per heavy atom. The van der Waals surface area contributed by atoms with Gasteiger partial charge in [0.05, 0.1) is 18.6 Å². The zero-order valence-electron chi connectivity index (χ0n) is 9.33. The number of nitriles is 1. The largest absolute Gasteiger partial charge is 0.487 e. The molecular weight excluding hydrogens is 208 g/mol. The van der Waals surface area contributed by atoms with Crippen molar-refractivity contribution >= 4 is 11.3 Å². The van der Waals surface area contributed by atoms with Crippen molar-refractivity contribution in [2.75, 3.05) is 13.7 Å². The van der Waals surface area contributed by atoms with E-state index in [9.17, 15) is 0 Å². The summed E-state index contributed by atoms with van der Waals surface area (Å²) in [5, 5.41) is 13.0. The van der Waals surface area contributed by atoms with Crippen LogP contribution in [0.2, 0.25) is 0 Å². The fourth-order valence-corrected chi connectivity index (χ4v) is 1.89. The molecule has 1 heterocycles. The van der Waals surface area contributed by atoms with Gasteiger partial charge in [0, 0.05) is 18.0 Å². The van der Waals surface area contributed by atoms with Gasteiger partial charge in [0.1, 0.15) is 0 Å². The SMILES string of the molecule is COc1ccc(CNCC(C)(C)C#N)s1. The smallest absolute Gasteiger partial charge is 0.173 e. The van der Waals surface area contributed by atoms with E-state index in [1.807, 2.05) is 26.0 Å². The van der Waals surface area contributed by atoms with Crippen LogP contribution in [0.5, 0.6) is 5.06 Å². The lowest BCUT2D eigenvalue weighted by Gasteiger charge is -2.15. The number of methoxy groups -OCH3 is 1. The molecule has 0 saturated heterocycles. The summed E-state index contributed by atoms with van der Waals surface area (Å²) >= 11 is 1.62. The standard InChI is InChI=1S/C11H16N2OS/c1-11(2,7-12)8-13-6-9-4-5-10(14-3)15-9/h4-5,13H,6,8H2,1-3H3. The summed E-state index contributed by atoms with van der Waals surface area (Å²) in [4.78, 5) is 1.22. The molecule has 3 nitrogen and oxygen atoms in total. The molecule has 0 radical (unpaired) electrons. The van der Waals surface area contributed by atoms with Gasteiger partial charge in [0.15, 0.2) is 5.06 Å². The van der Waals surface area contributed by atoms with Gasteiger partial charge in [0.25, 0.3) is 0 Å². The quantitative estimate of drug-likeness (QED) is 0.835. The summed E-state index contributed by atoms with van der Waals surface area (Å²) < 4.78 is 5.10. The fraction of sp³-hybridized carbons (Fsp3) is 0.545. The first-order valence-corrected chi connectivity index (χ1v) is 5.64. The molecule has 4 heteroatoms. The van der Waals surface area contributed by atoms with E-state index < -0.39 is 0 Å². The summed E-state index contributed by atoms with van der Waals surface area (Å²) in [6, 6.07) is 6.25. The maximum Gasteiger partial charge on any atom is 0.173 e. The van der Waals surface area contributed by atoms with Gasteiger partial charge in [-0.3, -0.25) is 0 Å². The molecule has 0 unspecified atom stereocenters. The predicted octanol–water partition coefficient (Wildman–Crippen LogP) is 2.40. The van der Waals surface area contributed by atoms with Gasteiger partial charge in [-0.05, 0) is 26.0 Å². The van der Waals surface area contributed by atoms with Crippen molar-refractivity contribution in [3.63, 3.8) is 0 Å². The van der Waals surface area contributed by atoms with Crippen LogP contribution in [0, 0.1) is 16.7 Å². The van der Waals surface area contributed by atoms with E-state index >= 15 is 0 Å². The van der Waals surface area contributed by atoms with E-state index in [0.717, 1.165) is 11.6 Å². The number of nitrogens with one attached hydrogen (secondary N) is 1. The van der Waals surface area contributed by atoms with Crippen molar-refractivity contribution in [3.8, 4) is 11.1 Å². The third kappa shape index (κ3) is 3.90. The number of hydrogen-bond acceptors (Lipinski definition) is 4. The molecule has 0 atom stereocenters. The van der Waals surface area contributed by atoms with Crippen molar-refractivity contribution < 1.29 is 4.74 Å². The van der Waals surface area contributed by atoms with E-state index in [1.165, 1.54) is 4.88 Å². The Bertz CT molecular complexity index is 352. The zero-order valence-corrected chi connectivity index (χ0v) is 10.1. The number of nitrogens with zero attached hydrogens (tertiary/aromatic N) is 1. The maximum atomic E-state index is 8.83. The number of thiophene rings is 1. The zero-order chi connectivity index (χ0) is 11.3. The van der Waals surface area contributed by atoms with E-state index in [4.69, 9.17) is 10.00 Å². The molecule has 0 aliphatic rings. The van der Waals surface area contributed by atoms with Crippen molar-refractivity contribution in [2.45, 2.75) is 20.4 Å². The average Bonchev–Trinajstić information content (AvgIpc) is 2.66. The second-order valence-electron chi connectivity index (χ2n) is 4.02. The Hall–Kier alpha value is -1.05. The van der Waals surface area contributed by atoms with Crippen LogP contribution in [0.1, 0.15) is 18.7 Å². The van der Waals surface area contributed by atoms with Crippen LogP contribution >= 0.6 is 11.3 Å². The summed E-state index contributed by atoms with van der Waals surface area (Å²) in [6.07, 6.45) is 0. The van der Waals surface area contributed by atoms with Crippen LogP contribution in [-0.2, 0) is 6.54 Å². The summed E-state index contributed by atoms with van der Waals surface area (Å²) in [7, 11) is 1.67. The number of rotatable bonds is 5. The average molecular weight is 224 g/mol. The molecule has 15 heavy (non-hydrogen) atoms. The van der Waals surface area contributed by atoms with Crippen LogP contribution in [0.25, 0.3) is 0 Å².